The highest BCUT2D eigenvalue weighted by atomic mass is 32.1. The van der Waals surface area contributed by atoms with E-state index >= 15 is 0 Å². The van der Waals surface area contributed by atoms with Gasteiger partial charge < -0.3 is 20.3 Å². The van der Waals surface area contributed by atoms with E-state index in [4.69, 9.17) is 4.74 Å². The Kier molecular flexibility index (Phi) is 9.87. The van der Waals surface area contributed by atoms with Crippen molar-refractivity contribution in [2.45, 2.75) is 79.1 Å². The molecule has 31 heavy (non-hydrogen) atoms. The first-order chi connectivity index (χ1) is 14.3. The number of alkyl carbamates (subject to hydrolysis) is 1. The maximum absolute atomic E-state index is 13.4. The lowest BCUT2D eigenvalue weighted by molar-refractivity contribution is -0.142. The Balaban J connectivity index is 3.32. The standard InChI is InChI=1S/C23H37N3O4S/c1-9-26(21(28)18(13-31)25-22(29)30-23(6,7)8)19(20(27)24-14(2)3)17-12-10-11-15(4)16(17)5/h10-12,14,18-19,31H,9,13H2,1-8H3,(H,24,27)(H,25,29). The molecule has 0 aliphatic heterocycles. The predicted octanol–water partition coefficient (Wildman–Crippen LogP) is 3.54. The van der Waals surface area contributed by atoms with Crippen molar-refractivity contribution in [2.75, 3.05) is 12.3 Å². The second-order valence-corrected chi connectivity index (χ2v) is 9.23. The third kappa shape index (κ3) is 7.76. The minimum absolute atomic E-state index is 0.0693. The molecule has 1 rings (SSSR count). The van der Waals surface area contributed by atoms with E-state index in [0.29, 0.717) is 0 Å². The maximum Gasteiger partial charge on any atom is 0.408 e. The quantitative estimate of drug-likeness (QED) is 0.528. The van der Waals surface area contributed by atoms with Gasteiger partial charge >= 0.3 is 6.09 Å². The molecule has 0 saturated carbocycles. The van der Waals surface area contributed by atoms with Crippen molar-refractivity contribution in [3.63, 3.8) is 0 Å². The molecule has 2 atom stereocenters. The smallest absolute Gasteiger partial charge is 0.408 e. The number of benzene rings is 1. The Morgan fingerprint density at radius 1 is 1.13 bits per heavy atom. The maximum atomic E-state index is 13.4. The summed E-state index contributed by atoms with van der Waals surface area (Å²) in [5, 5.41) is 5.51. The zero-order chi connectivity index (χ0) is 23.9. The van der Waals surface area contributed by atoms with Crippen molar-refractivity contribution in [3.05, 3.63) is 34.9 Å². The minimum Gasteiger partial charge on any atom is -0.444 e. The summed E-state index contributed by atoms with van der Waals surface area (Å²) < 4.78 is 5.28. The second kappa shape index (κ2) is 11.4. The summed E-state index contributed by atoms with van der Waals surface area (Å²) in [5.41, 5.74) is 2.03. The zero-order valence-corrected chi connectivity index (χ0v) is 20.8. The fourth-order valence-electron chi connectivity index (χ4n) is 3.19. The molecule has 0 bridgehead atoms. The molecule has 7 nitrogen and oxygen atoms in total. The van der Waals surface area contributed by atoms with Crippen LogP contribution in [0.3, 0.4) is 0 Å². The van der Waals surface area contributed by atoms with Crippen molar-refractivity contribution in [1.82, 2.24) is 15.5 Å². The summed E-state index contributed by atoms with van der Waals surface area (Å²) in [7, 11) is 0. The van der Waals surface area contributed by atoms with Crippen LogP contribution in [0.5, 0.6) is 0 Å². The topological polar surface area (TPSA) is 87.7 Å². The number of likely N-dealkylation sites (N-methyl/N-ethyl adjacent to an activating group) is 1. The molecule has 8 heteroatoms. The summed E-state index contributed by atoms with van der Waals surface area (Å²) in [6, 6.07) is 3.85. The normalized spacial score (nSPS) is 13.4. The van der Waals surface area contributed by atoms with Crippen LogP contribution in [0.25, 0.3) is 0 Å². The average molecular weight is 452 g/mol. The SMILES string of the molecule is CCN(C(=O)C(CS)NC(=O)OC(C)(C)C)C(C(=O)NC(C)C)c1cccc(C)c1C. The highest BCUT2D eigenvalue weighted by molar-refractivity contribution is 7.80. The van der Waals surface area contributed by atoms with Crippen molar-refractivity contribution in [3.8, 4) is 0 Å². The molecule has 0 spiro atoms. The van der Waals surface area contributed by atoms with Gasteiger partial charge in [-0.1, -0.05) is 18.2 Å². The van der Waals surface area contributed by atoms with E-state index in [1.54, 1.807) is 20.8 Å². The Bertz CT molecular complexity index is 790. The number of thiol groups is 1. The molecule has 2 N–H and O–H groups in total. The second-order valence-electron chi connectivity index (χ2n) is 8.86. The molecule has 1 aromatic carbocycles. The third-order valence-electron chi connectivity index (χ3n) is 4.73. The Hall–Kier alpha value is -2.22. The van der Waals surface area contributed by atoms with E-state index < -0.39 is 29.7 Å². The first-order valence-electron chi connectivity index (χ1n) is 10.6. The lowest BCUT2D eigenvalue weighted by Gasteiger charge is -2.34. The van der Waals surface area contributed by atoms with E-state index in [0.717, 1.165) is 16.7 Å². The van der Waals surface area contributed by atoms with E-state index in [9.17, 15) is 14.4 Å². The van der Waals surface area contributed by atoms with Crippen LogP contribution < -0.4 is 10.6 Å². The Labute approximate surface area is 191 Å². The summed E-state index contributed by atoms with van der Waals surface area (Å²) in [6.07, 6.45) is -0.703. The van der Waals surface area contributed by atoms with Crippen LogP contribution in [0, 0.1) is 13.8 Å². The van der Waals surface area contributed by atoms with Crippen molar-refractivity contribution < 1.29 is 19.1 Å². The minimum atomic E-state index is -0.933. The molecule has 0 aliphatic carbocycles. The molecule has 2 unspecified atom stereocenters. The molecular weight excluding hydrogens is 414 g/mol. The lowest BCUT2D eigenvalue weighted by atomic mass is 9.95. The first-order valence-corrected chi connectivity index (χ1v) is 11.2. The van der Waals surface area contributed by atoms with Gasteiger partial charge in [-0.05, 0) is 72.1 Å². The number of nitrogens with one attached hydrogen (secondary N) is 2. The fraction of sp³-hybridized carbons (Fsp3) is 0.609. The van der Waals surface area contributed by atoms with Gasteiger partial charge in [-0.3, -0.25) is 9.59 Å². The highest BCUT2D eigenvalue weighted by Crippen LogP contribution is 2.27. The number of nitrogens with zero attached hydrogens (tertiary/aromatic N) is 1. The van der Waals surface area contributed by atoms with Crippen LogP contribution in [-0.4, -0.2) is 52.8 Å². The van der Waals surface area contributed by atoms with Gasteiger partial charge in [0.15, 0.2) is 0 Å². The largest absolute Gasteiger partial charge is 0.444 e. The van der Waals surface area contributed by atoms with Gasteiger partial charge in [0.25, 0.3) is 0 Å². The van der Waals surface area contributed by atoms with Crippen molar-refractivity contribution in [1.29, 1.82) is 0 Å². The number of carbonyl (C=O) groups is 3. The Morgan fingerprint density at radius 2 is 1.74 bits per heavy atom. The molecular formula is C23H37N3O4S. The van der Waals surface area contributed by atoms with Crippen LogP contribution in [0.1, 0.15) is 64.3 Å². The van der Waals surface area contributed by atoms with Gasteiger partial charge in [-0.2, -0.15) is 12.6 Å². The third-order valence-corrected chi connectivity index (χ3v) is 5.09. The summed E-state index contributed by atoms with van der Waals surface area (Å²) in [6.45, 7) is 15.0. The molecule has 3 amide bonds. The van der Waals surface area contributed by atoms with Gasteiger partial charge in [0, 0.05) is 18.3 Å². The fourth-order valence-corrected chi connectivity index (χ4v) is 3.43. The summed E-state index contributed by atoms with van der Waals surface area (Å²) >= 11 is 4.26. The molecule has 0 radical (unpaired) electrons. The van der Waals surface area contributed by atoms with Crippen LogP contribution in [0.15, 0.2) is 18.2 Å². The highest BCUT2D eigenvalue weighted by Gasteiger charge is 2.36. The van der Waals surface area contributed by atoms with E-state index in [1.807, 2.05) is 52.8 Å². The van der Waals surface area contributed by atoms with Gasteiger partial charge in [0.05, 0.1) is 0 Å². The average Bonchev–Trinajstić information content (AvgIpc) is 2.64. The monoisotopic (exact) mass is 451 g/mol. The molecule has 174 valence electrons. The molecule has 0 aromatic heterocycles. The number of ether oxygens (including phenoxy) is 1. The molecule has 0 saturated heterocycles. The van der Waals surface area contributed by atoms with Crippen LogP contribution in [0.2, 0.25) is 0 Å². The number of hydrogen-bond acceptors (Lipinski definition) is 5. The molecule has 1 aromatic rings. The number of rotatable bonds is 8. The van der Waals surface area contributed by atoms with Gasteiger partial charge in [0.1, 0.15) is 17.7 Å². The first kappa shape index (κ1) is 26.8. The number of aryl methyl sites for hydroxylation is 1. The molecule has 0 heterocycles. The number of carbonyl (C=O) groups excluding carboxylic acids is 3. The zero-order valence-electron chi connectivity index (χ0n) is 19.9. The van der Waals surface area contributed by atoms with Crippen molar-refractivity contribution >= 4 is 30.5 Å². The van der Waals surface area contributed by atoms with E-state index in [1.165, 1.54) is 4.90 Å². The van der Waals surface area contributed by atoms with Crippen molar-refractivity contribution in [2.24, 2.45) is 0 Å². The number of amides is 3. The van der Waals surface area contributed by atoms with Crippen LogP contribution in [-0.2, 0) is 14.3 Å². The van der Waals surface area contributed by atoms with Crippen LogP contribution in [0.4, 0.5) is 4.79 Å². The predicted molar refractivity (Wildman–Crippen MR) is 126 cm³/mol. The molecule has 0 fully saturated rings. The Morgan fingerprint density at radius 3 is 2.23 bits per heavy atom. The summed E-state index contributed by atoms with van der Waals surface area (Å²) in [4.78, 5) is 40.4. The van der Waals surface area contributed by atoms with Gasteiger partial charge in [-0.15, -0.1) is 0 Å². The van der Waals surface area contributed by atoms with Gasteiger partial charge in [-0.25, -0.2) is 4.79 Å². The van der Waals surface area contributed by atoms with Gasteiger partial charge in [0.2, 0.25) is 11.8 Å². The van der Waals surface area contributed by atoms with E-state index in [2.05, 4.69) is 23.3 Å². The molecule has 0 aliphatic rings. The number of hydrogen-bond donors (Lipinski definition) is 3. The van der Waals surface area contributed by atoms with E-state index in [-0.39, 0.29) is 24.2 Å². The summed E-state index contributed by atoms with van der Waals surface area (Å²) in [5.74, 6) is -0.595. The van der Waals surface area contributed by atoms with Crippen LogP contribution >= 0.6 is 12.6 Å². The lowest BCUT2D eigenvalue weighted by Crippen LogP contribution is -2.54.